The molecular formula is C5H9N5OS. The highest BCUT2D eigenvalue weighted by Crippen LogP contribution is 2.10. The molecular weight excluding hydrogens is 178 g/mol. The van der Waals surface area contributed by atoms with Gasteiger partial charge in [0.05, 0.1) is 0 Å². The second-order valence-electron chi connectivity index (χ2n) is 1.96. The van der Waals surface area contributed by atoms with Crippen LogP contribution in [0.25, 0.3) is 0 Å². The number of hydrazine groups is 1. The molecule has 0 aliphatic carbocycles. The van der Waals surface area contributed by atoms with E-state index >= 15 is 0 Å². The smallest absolute Gasteiger partial charge is 0.234 e. The third kappa shape index (κ3) is 2.89. The van der Waals surface area contributed by atoms with Crippen LogP contribution in [0.4, 0.5) is 0 Å². The van der Waals surface area contributed by atoms with E-state index < -0.39 is 0 Å². The number of hydrogen-bond donors (Lipinski definition) is 3. The van der Waals surface area contributed by atoms with Crippen LogP contribution in [0.2, 0.25) is 0 Å². The number of H-pyrrole nitrogens is 1. The minimum atomic E-state index is -0.179. The highest BCUT2D eigenvalue weighted by Gasteiger charge is 2.00. The highest BCUT2D eigenvalue weighted by atomic mass is 32.2. The van der Waals surface area contributed by atoms with E-state index in [9.17, 15) is 4.79 Å². The molecule has 0 aliphatic rings. The number of thioether (sulfide) groups is 1. The molecule has 0 saturated heterocycles. The summed E-state index contributed by atoms with van der Waals surface area (Å²) in [6.45, 7) is 0. The van der Waals surface area contributed by atoms with Crippen molar-refractivity contribution in [3.05, 3.63) is 6.33 Å². The van der Waals surface area contributed by atoms with Crippen LogP contribution in [0.3, 0.4) is 0 Å². The summed E-state index contributed by atoms with van der Waals surface area (Å²) in [6, 6.07) is 0. The molecule has 0 aliphatic heterocycles. The molecule has 1 rings (SSSR count). The third-order valence-corrected chi connectivity index (χ3v) is 2.00. The maximum atomic E-state index is 10.6. The molecule has 1 amide bonds. The van der Waals surface area contributed by atoms with E-state index in [1.807, 2.05) is 5.43 Å². The Labute approximate surface area is 73.3 Å². The predicted octanol–water partition coefficient (Wildman–Crippen LogP) is -0.723. The van der Waals surface area contributed by atoms with Crippen molar-refractivity contribution in [2.24, 2.45) is 5.84 Å². The Hall–Kier alpha value is -1.08. The molecule has 66 valence electrons. The summed E-state index contributed by atoms with van der Waals surface area (Å²) in [7, 11) is 0. The van der Waals surface area contributed by atoms with Crippen LogP contribution in [0.15, 0.2) is 11.5 Å². The first-order valence-electron chi connectivity index (χ1n) is 3.30. The molecule has 0 aromatic carbocycles. The van der Waals surface area contributed by atoms with E-state index in [0.29, 0.717) is 17.3 Å². The summed E-state index contributed by atoms with van der Waals surface area (Å²) in [5.74, 6) is 5.35. The molecule has 0 radical (unpaired) electrons. The van der Waals surface area contributed by atoms with Gasteiger partial charge >= 0.3 is 0 Å². The lowest BCUT2D eigenvalue weighted by atomic mass is 10.5. The second-order valence-corrected chi connectivity index (χ2v) is 3.04. The van der Waals surface area contributed by atoms with Gasteiger partial charge in [0.15, 0.2) is 5.16 Å². The fraction of sp³-hybridized carbons (Fsp3) is 0.400. The van der Waals surface area contributed by atoms with E-state index in [1.54, 1.807) is 0 Å². The molecule has 0 atom stereocenters. The molecule has 0 bridgehead atoms. The Morgan fingerprint density at radius 3 is 3.25 bits per heavy atom. The van der Waals surface area contributed by atoms with Crippen molar-refractivity contribution < 1.29 is 4.79 Å². The van der Waals surface area contributed by atoms with Gasteiger partial charge in [0.2, 0.25) is 5.91 Å². The summed E-state index contributed by atoms with van der Waals surface area (Å²) in [6.07, 6.45) is 1.80. The molecule has 6 nitrogen and oxygen atoms in total. The van der Waals surface area contributed by atoms with Crippen molar-refractivity contribution in [2.75, 3.05) is 5.75 Å². The molecule has 1 heterocycles. The molecule has 12 heavy (non-hydrogen) atoms. The summed E-state index contributed by atoms with van der Waals surface area (Å²) in [5, 5.41) is 7.03. The number of aromatic nitrogens is 3. The molecule has 0 saturated carbocycles. The van der Waals surface area contributed by atoms with Crippen LogP contribution in [0.1, 0.15) is 6.42 Å². The van der Waals surface area contributed by atoms with Crippen LogP contribution in [-0.4, -0.2) is 26.8 Å². The fourth-order valence-corrected chi connectivity index (χ4v) is 1.30. The topological polar surface area (TPSA) is 96.7 Å². The monoisotopic (exact) mass is 187 g/mol. The van der Waals surface area contributed by atoms with Crippen molar-refractivity contribution >= 4 is 17.7 Å². The van der Waals surface area contributed by atoms with E-state index in [2.05, 4.69) is 15.2 Å². The fourth-order valence-electron chi connectivity index (χ4n) is 0.576. The van der Waals surface area contributed by atoms with Crippen molar-refractivity contribution in [3.8, 4) is 0 Å². The van der Waals surface area contributed by atoms with Gasteiger partial charge in [-0.05, 0) is 0 Å². The highest BCUT2D eigenvalue weighted by molar-refractivity contribution is 7.99. The first-order valence-corrected chi connectivity index (χ1v) is 4.29. The van der Waals surface area contributed by atoms with Crippen molar-refractivity contribution in [3.63, 3.8) is 0 Å². The number of aromatic amines is 1. The zero-order chi connectivity index (χ0) is 8.81. The quantitative estimate of drug-likeness (QED) is 0.250. The third-order valence-electron chi connectivity index (χ3n) is 1.12. The average Bonchev–Trinajstić information content (AvgIpc) is 2.57. The molecule has 0 fully saturated rings. The summed E-state index contributed by atoms with van der Waals surface area (Å²) in [4.78, 5) is 14.5. The Morgan fingerprint density at radius 1 is 1.83 bits per heavy atom. The Balaban J connectivity index is 2.15. The number of amides is 1. The van der Waals surface area contributed by atoms with Gasteiger partial charge in [0.1, 0.15) is 6.33 Å². The van der Waals surface area contributed by atoms with Gasteiger partial charge in [-0.3, -0.25) is 15.3 Å². The molecule has 1 aromatic heterocycles. The van der Waals surface area contributed by atoms with Gasteiger partial charge < -0.3 is 0 Å². The molecule has 1 aromatic rings. The standard InChI is InChI=1S/C5H9N5OS/c6-9-4(11)1-2-12-5-7-3-8-10-5/h3H,1-2,6H2,(H,9,11)(H,7,8,10). The lowest BCUT2D eigenvalue weighted by molar-refractivity contribution is -0.120. The predicted molar refractivity (Wildman–Crippen MR) is 44.1 cm³/mol. The average molecular weight is 187 g/mol. The van der Waals surface area contributed by atoms with E-state index in [-0.39, 0.29) is 5.91 Å². The Morgan fingerprint density at radius 2 is 2.67 bits per heavy atom. The Bertz CT molecular complexity index is 236. The first kappa shape index (κ1) is 9.01. The molecule has 7 heteroatoms. The zero-order valence-corrected chi connectivity index (χ0v) is 7.10. The lowest BCUT2D eigenvalue weighted by Gasteiger charge is -1.96. The van der Waals surface area contributed by atoms with Crippen LogP contribution < -0.4 is 11.3 Å². The summed E-state index contributed by atoms with van der Waals surface area (Å²) >= 11 is 1.43. The number of rotatable bonds is 4. The van der Waals surface area contributed by atoms with Crippen molar-refractivity contribution in [2.45, 2.75) is 11.6 Å². The van der Waals surface area contributed by atoms with Crippen LogP contribution in [0.5, 0.6) is 0 Å². The number of nitrogens with two attached hydrogens (primary N) is 1. The second kappa shape index (κ2) is 4.73. The number of carbonyl (C=O) groups is 1. The van der Waals surface area contributed by atoms with Gasteiger partial charge in [-0.1, -0.05) is 11.8 Å². The summed E-state index contributed by atoms with van der Waals surface area (Å²) in [5.41, 5.74) is 2.05. The molecule has 0 unspecified atom stereocenters. The molecule has 4 N–H and O–H groups in total. The SMILES string of the molecule is NNC(=O)CCSc1ncn[nH]1. The van der Waals surface area contributed by atoms with E-state index in [4.69, 9.17) is 5.84 Å². The van der Waals surface area contributed by atoms with Gasteiger partial charge in [0.25, 0.3) is 0 Å². The lowest BCUT2D eigenvalue weighted by Crippen LogP contribution is -2.30. The van der Waals surface area contributed by atoms with Crippen LogP contribution in [-0.2, 0) is 4.79 Å². The minimum Gasteiger partial charge on any atom is -0.294 e. The van der Waals surface area contributed by atoms with Gasteiger partial charge in [-0.25, -0.2) is 10.8 Å². The zero-order valence-electron chi connectivity index (χ0n) is 6.28. The van der Waals surface area contributed by atoms with Gasteiger partial charge in [-0.15, -0.1) is 0 Å². The largest absolute Gasteiger partial charge is 0.294 e. The number of hydrogen-bond acceptors (Lipinski definition) is 5. The number of nitrogens with one attached hydrogen (secondary N) is 2. The first-order chi connectivity index (χ1) is 5.83. The maximum absolute atomic E-state index is 10.6. The molecule has 0 spiro atoms. The maximum Gasteiger partial charge on any atom is 0.234 e. The van der Waals surface area contributed by atoms with Gasteiger partial charge in [0, 0.05) is 12.2 Å². The van der Waals surface area contributed by atoms with Crippen LogP contribution in [0, 0.1) is 0 Å². The number of carbonyl (C=O) groups excluding carboxylic acids is 1. The van der Waals surface area contributed by atoms with Crippen LogP contribution >= 0.6 is 11.8 Å². The van der Waals surface area contributed by atoms with E-state index in [1.165, 1.54) is 18.1 Å². The normalized spacial score (nSPS) is 9.75. The minimum absolute atomic E-state index is 0.179. The van der Waals surface area contributed by atoms with E-state index in [0.717, 1.165) is 0 Å². The number of nitrogens with zero attached hydrogens (tertiary/aromatic N) is 2. The van der Waals surface area contributed by atoms with Crippen molar-refractivity contribution in [1.82, 2.24) is 20.6 Å². The van der Waals surface area contributed by atoms with Gasteiger partial charge in [-0.2, -0.15) is 5.10 Å². The summed E-state index contributed by atoms with van der Waals surface area (Å²) < 4.78 is 0. The van der Waals surface area contributed by atoms with Crippen molar-refractivity contribution in [1.29, 1.82) is 0 Å². The Kier molecular flexibility index (Phi) is 3.55.